The van der Waals surface area contributed by atoms with Crippen molar-refractivity contribution in [2.75, 3.05) is 0 Å². The van der Waals surface area contributed by atoms with Gasteiger partial charge in [-0.3, -0.25) is 0 Å². The van der Waals surface area contributed by atoms with Gasteiger partial charge in [0.25, 0.3) is 0 Å². The van der Waals surface area contributed by atoms with Gasteiger partial charge >= 0.3 is 0 Å². The molecule has 0 unspecified atom stereocenters. The van der Waals surface area contributed by atoms with Crippen molar-refractivity contribution in [3.8, 4) is 5.75 Å². The SMILES string of the molecule is C[C@H](O)c1ccc(OCc2ccc(F)cc2)cc1. The molecule has 3 heteroatoms. The fraction of sp³-hybridized carbons (Fsp3) is 0.200. The Morgan fingerprint density at radius 2 is 1.67 bits per heavy atom. The molecule has 0 spiro atoms. The maximum Gasteiger partial charge on any atom is 0.123 e. The van der Waals surface area contributed by atoms with Gasteiger partial charge in [0.2, 0.25) is 0 Å². The number of ether oxygens (including phenoxy) is 1. The van der Waals surface area contributed by atoms with E-state index in [-0.39, 0.29) is 5.82 Å². The molecule has 0 aromatic heterocycles. The van der Waals surface area contributed by atoms with Crippen molar-refractivity contribution in [3.63, 3.8) is 0 Å². The second-order valence-electron chi connectivity index (χ2n) is 4.16. The Bertz CT molecular complexity index is 489. The number of aliphatic hydroxyl groups is 1. The lowest BCUT2D eigenvalue weighted by molar-refractivity contribution is 0.199. The Kier molecular flexibility index (Phi) is 3.95. The van der Waals surface area contributed by atoms with Crippen molar-refractivity contribution >= 4 is 0 Å². The first-order valence-corrected chi connectivity index (χ1v) is 5.80. The molecule has 2 rings (SSSR count). The number of hydrogen-bond acceptors (Lipinski definition) is 2. The molecular formula is C15H15FO2. The Morgan fingerprint density at radius 1 is 1.06 bits per heavy atom. The highest BCUT2D eigenvalue weighted by molar-refractivity contribution is 5.28. The van der Waals surface area contributed by atoms with Gasteiger partial charge in [-0.05, 0) is 42.3 Å². The molecule has 2 nitrogen and oxygen atoms in total. The van der Waals surface area contributed by atoms with Crippen LogP contribution < -0.4 is 4.74 Å². The van der Waals surface area contributed by atoms with E-state index < -0.39 is 6.10 Å². The van der Waals surface area contributed by atoms with Gasteiger partial charge in [0.15, 0.2) is 0 Å². The van der Waals surface area contributed by atoms with E-state index in [9.17, 15) is 9.50 Å². The van der Waals surface area contributed by atoms with Gasteiger partial charge in [-0.25, -0.2) is 4.39 Å². The van der Waals surface area contributed by atoms with E-state index in [0.29, 0.717) is 6.61 Å². The molecule has 0 fully saturated rings. The largest absolute Gasteiger partial charge is 0.489 e. The van der Waals surface area contributed by atoms with Gasteiger partial charge in [-0.15, -0.1) is 0 Å². The summed E-state index contributed by atoms with van der Waals surface area (Å²) in [6, 6.07) is 13.5. The molecular weight excluding hydrogens is 231 g/mol. The third-order valence-corrected chi connectivity index (χ3v) is 2.68. The van der Waals surface area contributed by atoms with Crippen LogP contribution in [0.5, 0.6) is 5.75 Å². The summed E-state index contributed by atoms with van der Waals surface area (Å²) < 4.78 is 18.3. The average molecular weight is 246 g/mol. The monoisotopic (exact) mass is 246 g/mol. The molecule has 2 aromatic rings. The topological polar surface area (TPSA) is 29.5 Å². The zero-order chi connectivity index (χ0) is 13.0. The zero-order valence-corrected chi connectivity index (χ0v) is 10.1. The second kappa shape index (κ2) is 5.65. The first-order valence-electron chi connectivity index (χ1n) is 5.80. The smallest absolute Gasteiger partial charge is 0.123 e. The van der Waals surface area contributed by atoms with Crippen LogP contribution in [-0.4, -0.2) is 5.11 Å². The van der Waals surface area contributed by atoms with Crippen molar-refractivity contribution in [2.45, 2.75) is 19.6 Å². The predicted molar refractivity (Wildman–Crippen MR) is 67.8 cm³/mol. The number of rotatable bonds is 4. The molecule has 0 aliphatic rings. The van der Waals surface area contributed by atoms with E-state index in [1.54, 1.807) is 19.1 Å². The Morgan fingerprint density at radius 3 is 2.22 bits per heavy atom. The third-order valence-electron chi connectivity index (χ3n) is 2.68. The summed E-state index contributed by atoms with van der Waals surface area (Å²) in [6.45, 7) is 2.11. The van der Waals surface area contributed by atoms with Crippen LogP contribution >= 0.6 is 0 Å². The summed E-state index contributed by atoms with van der Waals surface area (Å²) >= 11 is 0. The van der Waals surface area contributed by atoms with Crippen molar-refractivity contribution in [2.24, 2.45) is 0 Å². The van der Waals surface area contributed by atoms with Crippen LogP contribution in [0.4, 0.5) is 4.39 Å². The molecule has 0 amide bonds. The lowest BCUT2D eigenvalue weighted by Gasteiger charge is -2.08. The number of benzene rings is 2. The first-order chi connectivity index (χ1) is 8.65. The number of hydrogen-bond donors (Lipinski definition) is 1. The molecule has 1 atom stereocenters. The van der Waals surface area contributed by atoms with E-state index in [0.717, 1.165) is 16.9 Å². The summed E-state index contributed by atoms with van der Waals surface area (Å²) in [4.78, 5) is 0. The minimum Gasteiger partial charge on any atom is -0.489 e. The maximum atomic E-state index is 12.7. The van der Waals surface area contributed by atoms with Crippen LogP contribution in [0.1, 0.15) is 24.2 Å². The Balaban J connectivity index is 1.95. The highest BCUT2D eigenvalue weighted by atomic mass is 19.1. The lowest BCUT2D eigenvalue weighted by Crippen LogP contribution is -1.96. The molecule has 0 aliphatic carbocycles. The van der Waals surface area contributed by atoms with Crippen molar-refractivity contribution in [1.82, 2.24) is 0 Å². The third kappa shape index (κ3) is 3.31. The summed E-state index contributed by atoms with van der Waals surface area (Å²) in [5.74, 6) is 0.476. The molecule has 94 valence electrons. The molecule has 0 heterocycles. The van der Waals surface area contributed by atoms with Crippen LogP contribution in [0.3, 0.4) is 0 Å². The zero-order valence-electron chi connectivity index (χ0n) is 10.1. The van der Waals surface area contributed by atoms with Crippen LogP contribution in [0.15, 0.2) is 48.5 Å². The average Bonchev–Trinajstić information content (AvgIpc) is 2.38. The Hall–Kier alpha value is -1.87. The van der Waals surface area contributed by atoms with Crippen LogP contribution in [0.2, 0.25) is 0 Å². The summed E-state index contributed by atoms with van der Waals surface area (Å²) in [7, 11) is 0. The van der Waals surface area contributed by atoms with Crippen LogP contribution in [-0.2, 0) is 6.61 Å². The molecule has 0 aliphatic heterocycles. The summed E-state index contributed by atoms with van der Waals surface area (Å²) in [6.07, 6.45) is -0.476. The van der Waals surface area contributed by atoms with E-state index in [4.69, 9.17) is 4.74 Å². The van der Waals surface area contributed by atoms with Gasteiger partial charge in [0, 0.05) is 0 Å². The minimum atomic E-state index is -0.476. The lowest BCUT2D eigenvalue weighted by atomic mass is 10.1. The fourth-order valence-corrected chi connectivity index (χ4v) is 1.59. The van der Waals surface area contributed by atoms with Gasteiger partial charge in [-0.1, -0.05) is 24.3 Å². The van der Waals surface area contributed by atoms with Gasteiger partial charge < -0.3 is 9.84 Å². The molecule has 1 N–H and O–H groups in total. The molecule has 0 saturated heterocycles. The number of halogens is 1. The highest BCUT2D eigenvalue weighted by Crippen LogP contribution is 2.18. The normalized spacial score (nSPS) is 12.2. The van der Waals surface area contributed by atoms with Crippen molar-refractivity contribution < 1.29 is 14.2 Å². The van der Waals surface area contributed by atoms with Crippen molar-refractivity contribution in [1.29, 1.82) is 0 Å². The fourth-order valence-electron chi connectivity index (χ4n) is 1.59. The quantitative estimate of drug-likeness (QED) is 0.895. The maximum absolute atomic E-state index is 12.7. The van der Waals surface area contributed by atoms with E-state index in [1.165, 1.54) is 12.1 Å². The van der Waals surface area contributed by atoms with E-state index in [1.807, 2.05) is 24.3 Å². The highest BCUT2D eigenvalue weighted by Gasteiger charge is 2.01. The molecule has 0 radical (unpaired) electrons. The van der Waals surface area contributed by atoms with Crippen LogP contribution in [0.25, 0.3) is 0 Å². The summed E-state index contributed by atoms with van der Waals surface area (Å²) in [5.41, 5.74) is 1.76. The molecule has 18 heavy (non-hydrogen) atoms. The van der Waals surface area contributed by atoms with Gasteiger partial charge in [0.1, 0.15) is 18.2 Å². The molecule has 0 bridgehead atoms. The van der Waals surface area contributed by atoms with Crippen molar-refractivity contribution in [3.05, 3.63) is 65.5 Å². The van der Waals surface area contributed by atoms with Crippen LogP contribution in [0, 0.1) is 5.82 Å². The Labute approximate surface area is 106 Å². The number of aliphatic hydroxyl groups excluding tert-OH is 1. The predicted octanol–water partition coefficient (Wildman–Crippen LogP) is 3.46. The van der Waals surface area contributed by atoms with E-state index >= 15 is 0 Å². The van der Waals surface area contributed by atoms with E-state index in [2.05, 4.69) is 0 Å². The standard InChI is InChI=1S/C15H15FO2/c1-11(17)13-4-8-15(9-5-13)18-10-12-2-6-14(16)7-3-12/h2-9,11,17H,10H2,1H3/t11-/m0/s1. The van der Waals surface area contributed by atoms with Gasteiger partial charge in [-0.2, -0.15) is 0 Å². The minimum absolute atomic E-state index is 0.250. The second-order valence-corrected chi connectivity index (χ2v) is 4.16. The molecule has 0 saturated carbocycles. The first kappa shape index (κ1) is 12.6. The summed E-state index contributed by atoms with van der Waals surface area (Å²) in [5, 5.41) is 9.37. The molecule has 2 aromatic carbocycles. The van der Waals surface area contributed by atoms with Gasteiger partial charge in [0.05, 0.1) is 6.10 Å².